The smallest absolute Gasteiger partial charge is 0.186 e. The van der Waals surface area contributed by atoms with Crippen LogP contribution in [0.1, 0.15) is 19.3 Å². The lowest BCUT2D eigenvalue weighted by Crippen LogP contribution is -2.59. The van der Waals surface area contributed by atoms with E-state index in [1.54, 1.807) is 47.0 Å². The molecule has 326 valence electrons. The third-order valence-corrected chi connectivity index (χ3v) is 11.6. The van der Waals surface area contributed by atoms with Gasteiger partial charge in [0.15, 0.2) is 6.29 Å². The second kappa shape index (κ2) is 42.4. The fourth-order valence-corrected chi connectivity index (χ4v) is 7.91. The molecular formula is C32H61N13O8S4. The van der Waals surface area contributed by atoms with E-state index in [0.717, 1.165) is 59.5 Å². The van der Waals surface area contributed by atoms with Crippen molar-refractivity contribution in [1.29, 1.82) is 0 Å². The number of nitrogens with zero attached hydrogens (tertiary/aromatic N) is 12. The molecule has 25 heteroatoms. The van der Waals surface area contributed by atoms with Crippen LogP contribution in [0.4, 0.5) is 0 Å². The number of hydrogen-bond donors (Lipinski definition) is 1. The summed E-state index contributed by atoms with van der Waals surface area (Å²) in [4.78, 5) is 11.2. The summed E-state index contributed by atoms with van der Waals surface area (Å²) in [7, 11) is 0. The van der Waals surface area contributed by atoms with Crippen LogP contribution in [0.5, 0.6) is 0 Å². The lowest BCUT2D eigenvalue weighted by Gasteiger charge is -2.46. The molecule has 21 nitrogen and oxygen atoms in total. The van der Waals surface area contributed by atoms with Crippen LogP contribution in [0.3, 0.4) is 0 Å². The fraction of sp³-hybridized carbons (Fsp3) is 1.00. The van der Waals surface area contributed by atoms with Crippen molar-refractivity contribution in [2.45, 2.75) is 43.9 Å². The summed E-state index contributed by atoms with van der Waals surface area (Å²) in [5, 5.41) is 14.4. The zero-order chi connectivity index (χ0) is 41.1. The van der Waals surface area contributed by atoms with Crippen molar-refractivity contribution in [2.24, 2.45) is 32.1 Å². The van der Waals surface area contributed by atoms with Crippen LogP contribution in [-0.2, 0) is 37.9 Å². The van der Waals surface area contributed by atoms with Crippen molar-refractivity contribution >= 4 is 47.0 Å². The van der Waals surface area contributed by atoms with Gasteiger partial charge in [0.05, 0.1) is 65.1 Å². The number of thioether (sulfide) groups is 4. The van der Waals surface area contributed by atoms with Crippen LogP contribution in [0.2, 0.25) is 0 Å². The normalized spacial score (nSPS) is 18.9. The standard InChI is InChI=1S/C32H61N13O8S4/c33-4-12-46-13-14-47-15-16-52-32-31(51-11-3-20-56-23-7-40-44-36)30(50-10-2-19-55-22-6-39-43-35)28(26-49-17-25-57-24-8-41-45-37)29(53-32)27-48-9-1-18-54-21-5-38-42-34/h28-32H,1-27,33H2/t28-,29-,30+,31-,32-/m1/s1. The highest BCUT2D eigenvalue weighted by molar-refractivity contribution is 7.99. The van der Waals surface area contributed by atoms with Crippen LogP contribution in [0.15, 0.2) is 20.5 Å². The van der Waals surface area contributed by atoms with Crippen LogP contribution < -0.4 is 5.73 Å². The minimum atomic E-state index is -0.778. The molecule has 1 aliphatic heterocycles. The van der Waals surface area contributed by atoms with Gasteiger partial charge in [0.25, 0.3) is 0 Å². The van der Waals surface area contributed by atoms with Gasteiger partial charge in [0.2, 0.25) is 0 Å². The molecule has 1 saturated heterocycles. The van der Waals surface area contributed by atoms with Crippen LogP contribution >= 0.6 is 47.0 Å². The quantitative estimate of drug-likeness (QED) is 0.0297. The summed E-state index contributed by atoms with van der Waals surface area (Å²) in [6.07, 6.45) is 0.0913. The average Bonchev–Trinajstić information content (AvgIpc) is 3.22. The predicted octanol–water partition coefficient (Wildman–Crippen LogP) is 6.48. The second-order valence-corrected chi connectivity index (χ2v) is 16.6. The van der Waals surface area contributed by atoms with Crippen LogP contribution in [0.25, 0.3) is 41.8 Å². The van der Waals surface area contributed by atoms with Gasteiger partial charge in [0.1, 0.15) is 6.10 Å². The molecule has 0 saturated carbocycles. The van der Waals surface area contributed by atoms with Crippen molar-refractivity contribution < 1.29 is 37.9 Å². The van der Waals surface area contributed by atoms with E-state index < -0.39 is 24.6 Å². The third kappa shape index (κ3) is 30.9. The fourth-order valence-electron chi connectivity index (χ4n) is 5.05. The van der Waals surface area contributed by atoms with Gasteiger partial charge in [-0.25, -0.2) is 0 Å². The first kappa shape index (κ1) is 53.3. The minimum Gasteiger partial charge on any atom is -0.380 e. The molecule has 0 bridgehead atoms. The van der Waals surface area contributed by atoms with Crippen molar-refractivity contribution in [3.8, 4) is 0 Å². The van der Waals surface area contributed by atoms with Crippen molar-refractivity contribution in [1.82, 2.24) is 0 Å². The number of hydrogen-bond acceptors (Lipinski definition) is 17. The molecule has 0 amide bonds. The third-order valence-electron chi connectivity index (χ3n) is 7.57. The molecule has 57 heavy (non-hydrogen) atoms. The van der Waals surface area contributed by atoms with Gasteiger partial charge in [-0.3, -0.25) is 0 Å². The molecule has 5 atom stereocenters. The molecule has 1 rings (SSSR count). The van der Waals surface area contributed by atoms with E-state index >= 15 is 0 Å². The van der Waals surface area contributed by atoms with E-state index in [1.165, 1.54) is 0 Å². The van der Waals surface area contributed by atoms with Crippen molar-refractivity contribution in [3.63, 3.8) is 0 Å². The molecule has 2 N–H and O–H groups in total. The molecule has 1 fully saturated rings. The predicted molar refractivity (Wildman–Crippen MR) is 229 cm³/mol. The molecule has 0 aromatic heterocycles. The first-order chi connectivity index (χ1) is 28.2. The largest absolute Gasteiger partial charge is 0.380 e. The summed E-state index contributed by atoms with van der Waals surface area (Å²) in [6, 6.07) is 0. The number of nitrogens with two attached hydrogens (primary N) is 1. The van der Waals surface area contributed by atoms with Crippen molar-refractivity contribution in [3.05, 3.63) is 41.8 Å². The first-order valence-corrected chi connectivity index (χ1v) is 23.7. The Morgan fingerprint density at radius 1 is 0.474 bits per heavy atom. The number of azide groups is 4. The Kier molecular flexibility index (Phi) is 39.7. The molecule has 1 aliphatic rings. The molecule has 0 unspecified atom stereocenters. The Hall–Kier alpha value is -1.72. The topological polar surface area (TPSA) is 295 Å². The van der Waals surface area contributed by atoms with E-state index in [-0.39, 0.29) is 19.1 Å². The van der Waals surface area contributed by atoms with Gasteiger partial charge in [-0.1, -0.05) is 20.5 Å². The number of rotatable bonds is 42. The maximum Gasteiger partial charge on any atom is 0.186 e. The second-order valence-electron chi connectivity index (χ2n) is 11.7. The Labute approximate surface area is 352 Å². The Morgan fingerprint density at radius 2 is 0.947 bits per heavy atom. The lowest BCUT2D eigenvalue weighted by molar-refractivity contribution is -0.313. The maximum atomic E-state index is 8.58. The molecule has 0 aromatic rings. The molecule has 0 spiro atoms. The lowest BCUT2D eigenvalue weighted by atomic mass is 9.89. The molecule has 1 heterocycles. The van der Waals surface area contributed by atoms with Gasteiger partial charge < -0.3 is 43.6 Å². The minimum absolute atomic E-state index is 0.250. The molecular weight excluding hydrogens is 823 g/mol. The highest BCUT2D eigenvalue weighted by Crippen LogP contribution is 2.33. The van der Waals surface area contributed by atoms with Gasteiger partial charge in [-0.2, -0.15) is 47.0 Å². The van der Waals surface area contributed by atoms with E-state index in [9.17, 15) is 0 Å². The average molecular weight is 884 g/mol. The van der Waals surface area contributed by atoms with Gasteiger partial charge in [-0.15, -0.1) is 0 Å². The monoisotopic (exact) mass is 883 g/mol. The SMILES string of the molecule is [N-]=[N+]=NCCSCCCOC[C@H]1O[C@@H](OCCOCCOCCN)[C@H](OCCCSCCN=[N+]=[N-])[C@@H](OCCCSCCN=[N+]=[N-])[C@@H]1COCCSCCN=[N+]=[N-]. The molecule has 0 radical (unpaired) electrons. The summed E-state index contributed by atoms with van der Waals surface area (Å²) in [6.45, 7) is 6.58. The van der Waals surface area contributed by atoms with Gasteiger partial charge in [-0.05, 0) is 81.7 Å². The molecule has 0 aromatic carbocycles. The Balaban J connectivity index is 3.14. The van der Waals surface area contributed by atoms with Crippen LogP contribution in [0, 0.1) is 5.92 Å². The van der Waals surface area contributed by atoms with Crippen molar-refractivity contribution in [2.75, 3.05) is 151 Å². The van der Waals surface area contributed by atoms with E-state index in [1.807, 2.05) is 0 Å². The van der Waals surface area contributed by atoms with Crippen LogP contribution in [-0.4, -0.2) is 176 Å². The zero-order valence-electron chi connectivity index (χ0n) is 32.8. The molecule has 0 aliphatic carbocycles. The van der Waals surface area contributed by atoms with Gasteiger partial charge in [0, 0.05) is 83.9 Å². The maximum absolute atomic E-state index is 8.58. The summed E-state index contributed by atoms with van der Waals surface area (Å²) < 4.78 is 49.9. The zero-order valence-corrected chi connectivity index (χ0v) is 36.1. The number of ether oxygens (including phenoxy) is 8. The summed E-state index contributed by atoms with van der Waals surface area (Å²) in [5.41, 5.74) is 39.7. The highest BCUT2D eigenvalue weighted by atomic mass is 32.2. The first-order valence-electron chi connectivity index (χ1n) is 19.1. The highest BCUT2D eigenvalue weighted by Gasteiger charge is 2.48. The Morgan fingerprint density at radius 3 is 1.49 bits per heavy atom. The van der Waals surface area contributed by atoms with Gasteiger partial charge >= 0.3 is 0 Å². The van der Waals surface area contributed by atoms with E-state index in [4.69, 9.17) is 65.8 Å². The van der Waals surface area contributed by atoms with E-state index in [0.29, 0.717) is 97.9 Å². The Bertz CT molecular complexity index is 1160. The van der Waals surface area contributed by atoms with E-state index in [2.05, 4.69) is 40.1 Å². The summed E-state index contributed by atoms with van der Waals surface area (Å²) >= 11 is 6.75. The summed E-state index contributed by atoms with van der Waals surface area (Å²) in [5.74, 6) is 5.91.